The second kappa shape index (κ2) is 9.31. The number of carbonyl (C=O) groups excluding carboxylic acids is 2. The summed E-state index contributed by atoms with van der Waals surface area (Å²) in [7, 11) is 0. The van der Waals surface area contributed by atoms with E-state index in [0.717, 1.165) is 21.3 Å². The number of hydrogen-bond acceptors (Lipinski definition) is 6. The van der Waals surface area contributed by atoms with E-state index in [-0.39, 0.29) is 17.6 Å². The predicted molar refractivity (Wildman–Crippen MR) is 117 cm³/mol. The highest BCUT2D eigenvalue weighted by Gasteiger charge is 2.12. The molecule has 3 aromatic rings. The van der Waals surface area contributed by atoms with Crippen molar-refractivity contribution in [1.82, 2.24) is 10.2 Å². The van der Waals surface area contributed by atoms with Gasteiger partial charge in [-0.15, -0.1) is 10.2 Å². The SMILES string of the molecule is Cc1ccc(C)c(NC(=O)CSc2nnc(NC(=O)c3ccc(Br)cc3)s2)c1. The molecule has 2 amide bonds. The van der Waals surface area contributed by atoms with Gasteiger partial charge in [0, 0.05) is 15.7 Å². The molecule has 0 aliphatic carbocycles. The third-order valence-corrected chi connectivity index (χ3v) is 6.23. The molecule has 0 bridgehead atoms. The Morgan fingerprint density at radius 3 is 2.57 bits per heavy atom. The van der Waals surface area contributed by atoms with Crippen molar-refractivity contribution in [2.45, 2.75) is 18.2 Å². The lowest BCUT2D eigenvalue weighted by Gasteiger charge is -2.08. The summed E-state index contributed by atoms with van der Waals surface area (Å²) in [5, 5.41) is 14.0. The summed E-state index contributed by atoms with van der Waals surface area (Å²) in [6.07, 6.45) is 0. The van der Waals surface area contributed by atoms with Crippen LogP contribution in [-0.4, -0.2) is 27.8 Å². The molecule has 0 aliphatic heterocycles. The van der Waals surface area contributed by atoms with Crippen LogP contribution in [0.2, 0.25) is 0 Å². The van der Waals surface area contributed by atoms with E-state index >= 15 is 0 Å². The minimum absolute atomic E-state index is 0.116. The highest BCUT2D eigenvalue weighted by atomic mass is 79.9. The molecule has 0 saturated carbocycles. The molecule has 0 aliphatic rings. The van der Waals surface area contributed by atoms with E-state index in [4.69, 9.17) is 0 Å². The summed E-state index contributed by atoms with van der Waals surface area (Å²) in [4.78, 5) is 24.4. The summed E-state index contributed by atoms with van der Waals surface area (Å²) in [6.45, 7) is 3.93. The summed E-state index contributed by atoms with van der Waals surface area (Å²) < 4.78 is 1.51. The van der Waals surface area contributed by atoms with Crippen molar-refractivity contribution in [3.05, 3.63) is 63.6 Å². The Morgan fingerprint density at radius 2 is 1.82 bits per heavy atom. The lowest BCUT2D eigenvalue weighted by Crippen LogP contribution is -2.14. The number of thioether (sulfide) groups is 1. The van der Waals surface area contributed by atoms with Gasteiger partial charge in [-0.25, -0.2) is 0 Å². The number of amides is 2. The smallest absolute Gasteiger partial charge is 0.257 e. The highest BCUT2D eigenvalue weighted by Crippen LogP contribution is 2.26. The number of anilines is 2. The molecule has 0 atom stereocenters. The first-order chi connectivity index (χ1) is 13.4. The molecule has 1 aromatic heterocycles. The topological polar surface area (TPSA) is 84.0 Å². The number of carbonyl (C=O) groups is 2. The molecule has 144 valence electrons. The standard InChI is InChI=1S/C19H17BrN4O2S2/c1-11-3-4-12(2)15(9-11)21-16(25)10-27-19-24-23-18(28-19)22-17(26)13-5-7-14(20)8-6-13/h3-9H,10H2,1-2H3,(H,21,25)(H,22,23,26). The lowest BCUT2D eigenvalue weighted by atomic mass is 10.1. The van der Waals surface area contributed by atoms with E-state index in [2.05, 4.69) is 36.8 Å². The van der Waals surface area contributed by atoms with Crippen LogP contribution in [0, 0.1) is 13.8 Å². The number of rotatable bonds is 6. The largest absolute Gasteiger partial charge is 0.325 e. The highest BCUT2D eigenvalue weighted by molar-refractivity contribution is 9.10. The van der Waals surface area contributed by atoms with Crippen molar-refractivity contribution >= 4 is 61.7 Å². The van der Waals surface area contributed by atoms with Gasteiger partial charge in [-0.05, 0) is 55.3 Å². The Kier molecular flexibility index (Phi) is 6.82. The number of hydrogen-bond donors (Lipinski definition) is 2. The molecule has 2 aromatic carbocycles. The second-order valence-electron chi connectivity index (χ2n) is 5.99. The zero-order chi connectivity index (χ0) is 20.1. The minimum atomic E-state index is -0.257. The van der Waals surface area contributed by atoms with Crippen molar-refractivity contribution in [3.8, 4) is 0 Å². The molecule has 0 saturated heterocycles. The zero-order valence-electron chi connectivity index (χ0n) is 15.2. The molecule has 28 heavy (non-hydrogen) atoms. The van der Waals surface area contributed by atoms with Crippen LogP contribution in [-0.2, 0) is 4.79 Å². The van der Waals surface area contributed by atoms with Crippen LogP contribution in [0.5, 0.6) is 0 Å². The van der Waals surface area contributed by atoms with Crippen LogP contribution in [0.25, 0.3) is 0 Å². The van der Waals surface area contributed by atoms with E-state index in [1.807, 2.05) is 32.0 Å². The van der Waals surface area contributed by atoms with Gasteiger partial charge < -0.3 is 5.32 Å². The third kappa shape index (κ3) is 5.63. The van der Waals surface area contributed by atoms with Crippen LogP contribution < -0.4 is 10.6 Å². The molecule has 0 fully saturated rings. The van der Waals surface area contributed by atoms with Crippen LogP contribution in [0.3, 0.4) is 0 Å². The van der Waals surface area contributed by atoms with Gasteiger partial charge in [0.15, 0.2) is 4.34 Å². The molecule has 1 heterocycles. The first kappa shape index (κ1) is 20.5. The number of aryl methyl sites for hydroxylation is 2. The molecule has 0 radical (unpaired) electrons. The first-order valence-corrected chi connectivity index (χ1v) is 10.9. The fourth-order valence-corrected chi connectivity index (χ4v) is 4.08. The molecule has 9 heteroatoms. The van der Waals surface area contributed by atoms with E-state index in [9.17, 15) is 9.59 Å². The minimum Gasteiger partial charge on any atom is -0.325 e. The van der Waals surface area contributed by atoms with Crippen molar-refractivity contribution in [3.63, 3.8) is 0 Å². The monoisotopic (exact) mass is 476 g/mol. The average Bonchev–Trinajstić information content (AvgIpc) is 3.11. The van der Waals surface area contributed by atoms with Gasteiger partial charge in [-0.1, -0.05) is 51.2 Å². The number of aromatic nitrogens is 2. The van der Waals surface area contributed by atoms with Gasteiger partial charge in [0.1, 0.15) is 0 Å². The Hall–Kier alpha value is -2.23. The summed E-state index contributed by atoms with van der Waals surface area (Å²) >= 11 is 5.85. The first-order valence-electron chi connectivity index (χ1n) is 8.31. The molecule has 0 unspecified atom stereocenters. The Balaban J connectivity index is 1.53. The maximum atomic E-state index is 12.2. The molecular formula is C19H17BrN4O2S2. The van der Waals surface area contributed by atoms with E-state index in [1.165, 1.54) is 23.1 Å². The summed E-state index contributed by atoms with van der Waals surface area (Å²) in [5.41, 5.74) is 3.44. The second-order valence-corrected chi connectivity index (χ2v) is 9.11. The number of nitrogens with zero attached hydrogens (tertiary/aromatic N) is 2. The molecule has 2 N–H and O–H groups in total. The lowest BCUT2D eigenvalue weighted by molar-refractivity contribution is -0.113. The third-order valence-electron chi connectivity index (χ3n) is 3.73. The van der Waals surface area contributed by atoms with Crippen LogP contribution >= 0.6 is 39.0 Å². The average molecular weight is 477 g/mol. The Morgan fingerprint density at radius 1 is 1.07 bits per heavy atom. The van der Waals surface area contributed by atoms with Crippen molar-refractivity contribution in [2.24, 2.45) is 0 Å². The van der Waals surface area contributed by atoms with Gasteiger partial charge in [0.25, 0.3) is 5.91 Å². The van der Waals surface area contributed by atoms with Crippen LogP contribution in [0.1, 0.15) is 21.5 Å². The number of nitrogens with one attached hydrogen (secondary N) is 2. The van der Waals surface area contributed by atoms with Crippen molar-refractivity contribution < 1.29 is 9.59 Å². The fourth-order valence-electron chi connectivity index (χ4n) is 2.27. The maximum absolute atomic E-state index is 12.2. The van der Waals surface area contributed by atoms with E-state index < -0.39 is 0 Å². The maximum Gasteiger partial charge on any atom is 0.257 e. The molecular weight excluding hydrogens is 460 g/mol. The number of benzene rings is 2. The quantitative estimate of drug-likeness (QED) is 0.390. The van der Waals surface area contributed by atoms with Crippen LogP contribution in [0.4, 0.5) is 10.8 Å². The number of halogens is 1. The van der Waals surface area contributed by atoms with E-state index in [1.54, 1.807) is 24.3 Å². The molecule has 3 rings (SSSR count). The van der Waals surface area contributed by atoms with Gasteiger partial charge >= 0.3 is 0 Å². The van der Waals surface area contributed by atoms with Gasteiger partial charge in [-0.3, -0.25) is 14.9 Å². The van der Waals surface area contributed by atoms with Crippen LogP contribution in [0.15, 0.2) is 51.3 Å². The van der Waals surface area contributed by atoms with Gasteiger partial charge in [0.2, 0.25) is 11.0 Å². The van der Waals surface area contributed by atoms with E-state index in [0.29, 0.717) is 15.0 Å². The van der Waals surface area contributed by atoms with Gasteiger partial charge in [-0.2, -0.15) is 0 Å². The van der Waals surface area contributed by atoms with Crippen molar-refractivity contribution in [2.75, 3.05) is 16.4 Å². The zero-order valence-corrected chi connectivity index (χ0v) is 18.4. The molecule has 0 spiro atoms. The summed E-state index contributed by atoms with van der Waals surface area (Å²) in [6, 6.07) is 12.9. The molecule has 6 nitrogen and oxygen atoms in total. The summed E-state index contributed by atoms with van der Waals surface area (Å²) in [5.74, 6) is -0.162. The Labute approximate surface area is 179 Å². The Bertz CT molecular complexity index is 1010. The fraction of sp³-hybridized carbons (Fsp3) is 0.158. The van der Waals surface area contributed by atoms with Crippen molar-refractivity contribution in [1.29, 1.82) is 0 Å². The normalized spacial score (nSPS) is 10.5. The van der Waals surface area contributed by atoms with Gasteiger partial charge in [0.05, 0.1) is 5.75 Å². The predicted octanol–water partition coefficient (Wildman–Crippen LogP) is 4.90.